The summed E-state index contributed by atoms with van der Waals surface area (Å²) in [5.41, 5.74) is 8.19. The number of aryl methyl sites for hydroxylation is 1. The second-order valence-electron chi connectivity index (χ2n) is 4.60. The highest BCUT2D eigenvalue weighted by atomic mass is 19.3. The highest BCUT2D eigenvalue weighted by Crippen LogP contribution is 2.41. The fourth-order valence-corrected chi connectivity index (χ4v) is 2.35. The van der Waals surface area contributed by atoms with Crippen LogP contribution in [0.2, 0.25) is 0 Å². The van der Waals surface area contributed by atoms with Gasteiger partial charge in [0.25, 0.3) is 0 Å². The molecule has 1 aromatic heterocycles. The number of pyridine rings is 1. The number of anilines is 1. The van der Waals surface area contributed by atoms with Crippen molar-refractivity contribution in [2.45, 2.75) is 44.4 Å². The van der Waals surface area contributed by atoms with E-state index in [1.54, 1.807) is 6.20 Å². The van der Waals surface area contributed by atoms with Crippen LogP contribution in [0.3, 0.4) is 0 Å². The van der Waals surface area contributed by atoms with Gasteiger partial charge in [0.15, 0.2) is 0 Å². The van der Waals surface area contributed by atoms with Crippen LogP contribution in [0.1, 0.15) is 42.9 Å². The zero-order valence-electron chi connectivity index (χ0n) is 9.34. The molecule has 0 atom stereocenters. The summed E-state index contributed by atoms with van der Waals surface area (Å²) in [7, 11) is 0. The van der Waals surface area contributed by atoms with Crippen molar-refractivity contribution < 1.29 is 8.78 Å². The maximum atomic E-state index is 13.0. The van der Waals surface area contributed by atoms with Gasteiger partial charge in [-0.25, -0.2) is 8.78 Å². The van der Waals surface area contributed by atoms with Crippen molar-refractivity contribution in [3.63, 3.8) is 0 Å². The molecule has 0 radical (unpaired) electrons. The van der Waals surface area contributed by atoms with Gasteiger partial charge in [0.05, 0.1) is 11.9 Å². The summed E-state index contributed by atoms with van der Waals surface area (Å²) in [4.78, 5) is 4.28. The van der Waals surface area contributed by atoms with Gasteiger partial charge in [0.2, 0.25) is 5.92 Å². The quantitative estimate of drug-likeness (QED) is 0.798. The largest absolute Gasteiger partial charge is 0.397 e. The third kappa shape index (κ3) is 2.31. The third-order valence-electron chi connectivity index (χ3n) is 3.24. The standard InChI is InChI=1S/C12H16F2N2/c1-8-6-10(15)7-16-11(8)9-2-4-12(13,14)5-3-9/h6-7,9H,2-5,15H2,1H3. The molecule has 0 bridgehead atoms. The molecule has 0 amide bonds. The van der Waals surface area contributed by atoms with Gasteiger partial charge in [-0.1, -0.05) is 0 Å². The summed E-state index contributed by atoms with van der Waals surface area (Å²) in [6, 6.07) is 1.86. The second kappa shape index (κ2) is 4.00. The van der Waals surface area contributed by atoms with Crippen molar-refractivity contribution in [3.8, 4) is 0 Å². The molecule has 16 heavy (non-hydrogen) atoms. The molecule has 1 saturated carbocycles. The normalized spacial score (nSPS) is 20.9. The highest BCUT2D eigenvalue weighted by molar-refractivity contribution is 5.40. The number of nitrogen functional groups attached to an aromatic ring is 1. The molecule has 1 aliphatic rings. The molecule has 1 aromatic rings. The van der Waals surface area contributed by atoms with Crippen LogP contribution in [-0.4, -0.2) is 10.9 Å². The Balaban J connectivity index is 2.14. The monoisotopic (exact) mass is 226 g/mol. The Morgan fingerprint density at radius 3 is 2.56 bits per heavy atom. The average molecular weight is 226 g/mol. The maximum absolute atomic E-state index is 13.0. The molecular weight excluding hydrogens is 210 g/mol. The number of hydrogen-bond acceptors (Lipinski definition) is 2. The first-order valence-electron chi connectivity index (χ1n) is 5.58. The Morgan fingerprint density at radius 1 is 1.38 bits per heavy atom. The molecule has 1 fully saturated rings. The van der Waals surface area contributed by atoms with Crippen molar-refractivity contribution in [3.05, 3.63) is 23.5 Å². The molecule has 0 unspecified atom stereocenters. The first-order valence-corrected chi connectivity index (χ1v) is 5.58. The minimum atomic E-state index is -2.47. The fourth-order valence-electron chi connectivity index (χ4n) is 2.35. The Hall–Kier alpha value is -1.19. The van der Waals surface area contributed by atoms with E-state index in [1.807, 2.05) is 13.0 Å². The summed E-state index contributed by atoms with van der Waals surface area (Å²) >= 11 is 0. The predicted molar refractivity (Wildman–Crippen MR) is 59.5 cm³/mol. The van der Waals surface area contributed by atoms with Crippen LogP contribution in [-0.2, 0) is 0 Å². The van der Waals surface area contributed by atoms with Crippen molar-refractivity contribution in [2.75, 3.05) is 5.73 Å². The lowest BCUT2D eigenvalue weighted by Crippen LogP contribution is -2.24. The van der Waals surface area contributed by atoms with Gasteiger partial charge in [-0.2, -0.15) is 0 Å². The molecule has 0 aromatic carbocycles. The van der Waals surface area contributed by atoms with Gasteiger partial charge in [0.1, 0.15) is 0 Å². The molecule has 0 aliphatic heterocycles. The van der Waals surface area contributed by atoms with Crippen LogP contribution in [0.5, 0.6) is 0 Å². The second-order valence-corrected chi connectivity index (χ2v) is 4.60. The number of alkyl halides is 2. The number of nitrogens with zero attached hydrogens (tertiary/aromatic N) is 1. The number of aromatic nitrogens is 1. The maximum Gasteiger partial charge on any atom is 0.248 e. The van der Waals surface area contributed by atoms with E-state index in [-0.39, 0.29) is 18.8 Å². The van der Waals surface area contributed by atoms with Gasteiger partial charge in [-0.05, 0) is 31.4 Å². The van der Waals surface area contributed by atoms with Crippen LogP contribution in [0.25, 0.3) is 0 Å². The van der Waals surface area contributed by atoms with Gasteiger partial charge < -0.3 is 5.73 Å². The average Bonchev–Trinajstić information content (AvgIpc) is 2.19. The Kier molecular flexibility index (Phi) is 2.82. The minimum Gasteiger partial charge on any atom is -0.397 e. The summed E-state index contributed by atoms with van der Waals surface area (Å²) in [6.07, 6.45) is 2.59. The topological polar surface area (TPSA) is 38.9 Å². The van der Waals surface area contributed by atoms with Gasteiger partial charge in [0, 0.05) is 24.5 Å². The first kappa shape index (κ1) is 11.3. The lowest BCUT2D eigenvalue weighted by atomic mass is 9.83. The van der Waals surface area contributed by atoms with E-state index >= 15 is 0 Å². The Morgan fingerprint density at radius 2 is 2.00 bits per heavy atom. The molecule has 4 heteroatoms. The van der Waals surface area contributed by atoms with Crippen LogP contribution >= 0.6 is 0 Å². The number of halogens is 2. The number of hydrogen-bond donors (Lipinski definition) is 1. The van der Waals surface area contributed by atoms with E-state index in [9.17, 15) is 8.78 Å². The molecule has 1 aliphatic carbocycles. The molecular formula is C12H16F2N2. The Bertz CT molecular complexity index is 381. The molecule has 88 valence electrons. The van der Waals surface area contributed by atoms with Crippen molar-refractivity contribution in [1.82, 2.24) is 4.98 Å². The predicted octanol–water partition coefficient (Wildman–Crippen LogP) is 3.27. The van der Waals surface area contributed by atoms with Crippen molar-refractivity contribution in [2.24, 2.45) is 0 Å². The lowest BCUT2D eigenvalue weighted by molar-refractivity contribution is -0.0385. The van der Waals surface area contributed by atoms with E-state index in [2.05, 4.69) is 4.98 Å². The third-order valence-corrected chi connectivity index (χ3v) is 3.24. The molecule has 2 nitrogen and oxygen atoms in total. The molecule has 0 saturated heterocycles. The molecule has 1 heterocycles. The smallest absolute Gasteiger partial charge is 0.248 e. The van der Waals surface area contributed by atoms with E-state index in [1.165, 1.54) is 0 Å². The number of nitrogens with two attached hydrogens (primary N) is 1. The summed E-state index contributed by atoms with van der Waals surface area (Å²) in [5, 5.41) is 0. The lowest BCUT2D eigenvalue weighted by Gasteiger charge is -2.28. The van der Waals surface area contributed by atoms with Crippen LogP contribution < -0.4 is 5.73 Å². The zero-order valence-corrected chi connectivity index (χ0v) is 9.34. The Labute approximate surface area is 93.9 Å². The van der Waals surface area contributed by atoms with E-state index in [0.29, 0.717) is 18.5 Å². The van der Waals surface area contributed by atoms with Crippen molar-refractivity contribution in [1.29, 1.82) is 0 Å². The van der Waals surface area contributed by atoms with E-state index < -0.39 is 5.92 Å². The van der Waals surface area contributed by atoms with Crippen LogP contribution in [0.4, 0.5) is 14.5 Å². The molecule has 2 rings (SSSR count). The van der Waals surface area contributed by atoms with Gasteiger partial charge in [-0.15, -0.1) is 0 Å². The summed E-state index contributed by atoms with van der Waals surface area (Å²) < 4.78 is 26.0. The fraction of sp³-hybridized carbons (Fsp3) is 0.583. The number of rotatable bonds is 1. The molecule has 2 N–H and O–H groups in total. The zero-order chi connectivity index (χ0) is 11.8. The SMILES string of the molecule is Cc1cc(N)cnc1C1CCC(F)(F)CC1. The van der Waals surface area contributed by atoms with Crippen LogP contribution in [0, 0.1) is 6.92 Å². The first-order chi connectivity index (χ1) is 7.48. The summed E-state index contributed by atoms with van der Waals surface area (Å²) in [6.45, 7) is 1.94. The van der Waals surface area contributed by atoms with E-state index in [0.717, 1.165) is 11.3 Å². The van der Waals surface area contributed by atoms with Gasteiger partial charge in [-0.3, -0.25) is 4.98 Å². The highest BCUT2D eigenvalue weighted by Gasteiger charge is 2.36. The molecule has 0 spiro atoms. The summed E-state index contributed by atoms with van der Waals surface area (Å²) in [5.74, 6) is -2.31. The van der Waals surface area contributed by atoms with Crippen molar-refractivity contribution >= 4 is 5.69 Å². The van der Waals surface area contributed by atoms with Crippen LogP contribution in [0.15, 0.2) is 12.3 Å². The van der Waals surface area contributed by atoms with Gasteiger partial charge >= 0.3 is 0 Å². The van der Waals surface area contributed by atoms with E-state index in [4.69, 9.17) is 5.73 Å². The minimum absolute atomic E-state index is 0.0246.